The average Bonchev–Trinajstić information content (AvgIpc) is 2.78. The molecular formula is C11H13ClN4O3S. The largest absolute Gasteiger partial charge is 0.398 e. The molecule has 0 atom stereocenters. The van der Waals surface area contributed by atoms with E-state index in [-0.39, 0.29) is 17.1 Å². The third-order valence-electron chi connectivity index (χ3n) is 2.48. The molecule has 0 aliphatic heterocycles. The quantitative estimate of drug-likeness (QED) is 0.800. The van der Waals surface area contributed by atoms with Crippen molar-refractivity contribution in [3.05, 3.63) is 34.9 Å². The third-order valence-corrected chi connectivity index (χ3v) is 4.23. The van der Waals surface area contributed by atoms with Gasteiger partial charge < -0.3 is 10.3 Å². The lowest BCUT2D eigenvalue weighted by molar-refractivity contribution is 0.387. The van der Waals surface area contributed by atoms with Crippen molar-refractivity contribution in [1.82, 2.24) is 14.9 Å². The molecule has 108 valence electrons. The van der Waals surface area contributed by atoms with Gasteiger partial charge in [-0.15, -0.1) is 0 Å². The van der Waals surface area contributed by atoms with Crippen LogP contribution in [-0.2, 0) is 16.4 Å². The zero-order valence-corrected chi connectivity index (χ0v) is 12.2. The Morgan fingerprint density at radius 2 is 2.20 bits per heavy atom. The predicted molar refractivity (Wildman–Crippen MR) is 73.8 cm³/mol. The van der Waals surface area contributed by atoms with E-state index < -0.39 is 10.0 Å². The summed E-state index contributed by atoms with van der Waals surface area (Å²) in [5, 5.41) is 3.97. The number of nitrogens with zero attached hydrogens (tertiary/aromatic N) is 2. The third kappa shape index (κ3) is 3.47. The molecule has 20 heavy (non-hydrogen) atoms. The van der Waals surface area contributed by atoms with Crippen molar-refractivity contribution < 1.29 is 12.9 Å². The van der Waals surface area contributed by atoms with E-state index in [1.165, 1.54) is 18.2 Å². The SMILES string of the molecule is Cc1nc(CCNS(=O)(=O)c2cc(Cl)ccc2N)no1. The number of halogens is 1. The van der Waals surface area contributed by atoms with Gasteiger partial charge in [-0.05, 0) is 18.2 Å². The Morgan fingerprint density at radius 1 is 1.45 bits per heavy atom. The van der Waals surface area contributed by atoms with Gasteiger partial charge in [-0.1, -0.05) is 16.8 Å². The topological polar surface area (TPSA) is 111 Å². The summed E-state index contributed by atoms with van der Waals surface area (Å²) in [5.41, 5.74) is 5.78. The van der Waals surface area contributed by atoms with Gasteiger partial charge in [0.2, 0.25) is 15.9 Å². The second-order valence-corrected chi connectivity index (χ2v) is 6.23. The van der Waals surface area contributed by atoms with Crippen molar-refractivity contribution in [3.63, 3.8) is 0 Å². The normalized spacial score (nSPS) is 11.7. The number of rotatable bonds is 5. The molecule has 0 bridgehead atoms. The molecule has 2 rings (SSSR count). The van der Waals surface area contributed by atoms with Crippen molar-refractivity contribution in [2.24, 2.45) is 0 Å². The van der Waals surface area contributed by atoms with Crippen LogP contribution in [0, 0.1) is 6.92 Å². The van der Waals surface area contributed by atoms with E-state index in [0.717, 1.165) is 0 Å². The first-order valence-corrected chi connectivity index (χ1v) is 7.58. The van der Waals surface area contributed by atoms with Gasteiger partial charge in [-0.2, -0.15) is 4.98 Å². The highest BCUT2D eigenvalue weighted by molar-refractivity contribution is 7.89. The van der Waals surface area contributed by atoms with Crippen LogP contribution in [0.5, 0.6) is 0 Å². The first kappa shape index (κ1) is 14.8. The fourth-order valence-electron chi connectivity index (χ4n) is 1.56. The van der Waals surface area contributed by atoms with Crippen molar-refractivity contribution in [3.8, 4) is 0 Å². The average molecular weight is 317 g/mol. The Kier molecular flexibility index (Phi) is 4.26. The highest BCUT2D eigenvalue weighted by Gasteiger charge is 2.17. The molecule has 0 amide bonds. The molecule has 0 aliphatic carbocycles. The first-order valence-electron chi connectivity index (χ1n) is 5.72. The smallest absolute Gasteiger partial charge is 0.242 e. The molecule has 0 radical (unpaired) electrons. The molecule has 7 nitrogen and oxygen atoms in total. The molecule has 2 aromatic rings. The molecule has 9 heteroatoms. The zero-order valence-electron chi connectivity index (χ0n) is 10.6. The minimum absolute atomic E-state index is 0.0470. The van der Waals surface area contributed by atoms with Crippen LogP contribution in [0.4, 0.5) is 5.69 Å². The van der Waals surface area contributed by atoms with E-state index in [2.05, 4.69) is 14.9 Å². The standard InChI is InChI=1S/C11H13ClN4O3S/c1-7-15-11(16-19-7)4-5-14-20(17,18)10-6-8(12)2-3-9(10)13/h2-3,6,14H,4-5,13H2,1H3. The Hall–Kier alpha value is -1.64. The van der Waals surface area contributed by atoms with Crippen molar-refractivity contribution in [1.29, 1.82) is 0 Å². The fraction of sp³-hybridized carbons (Fsp3) is 0.273. The lowest BCUT2D eigenvalue weighted by Gasteiger charge is -2.08. The zero-order chi connectivity index (χ0) is 14.8. The Morgan fingerprint density at radius 3 is 2.85 bits per heavy atom. The van der Waals surface area contributed by atoms with Gasteiger partial charge >= 0.3 is 0 Å². The predicted octanol–water partition coefficient (Wildman–Crippen LogP) is 1.13. The maximum absolute atomic E-state index is 12.1. The van der Waals surface area contributed by atoms with E-state index in [0.29, 0.717) is 23.2 Å². The second kappa shape index (κ2) is 5.78. The molecule has 0 saturated heterocycles. The maximum Gasteiger partial charge on any atom is 0.242 e. The minimum atomic E-state index is -3.72. The van der Waals surface area contributed by atoms with Gasteiger partial charge in [-0.25, -0.2) is 13.1 Å². The highest BCUT2D eigenvalue weighted by atomic mass is 35.5. The van der Waals surface area contributed by atoms with Gasteiger partial charge in [-0.3, -0.25) is 0 Å². The number of nitrogen functional groups attached to an aromatic ring is 1. The molecule has 0 fully saturated rings. The van der Waals surface area contributed by atoms with Crippen molar-refractivity contribution >= 4 is 27.3 Å². The van der Waals surface area contributed by atoms with Crippen LogP contribution in [-0.4, -0.2) is 25.1 Å². The van der Waals surface area contributed by atoms with Gasteiger partial charge in [0, 0.05) is 24.9 Å². The van der Waals surface area contributed by atoms with Gasteiger partial charge in [0.1, 0.15) is 4.90 Å². The number of aryl methyl sites for hydroxylation is 1. The minimum Gasteiger partial charge on any atom is -0.398 e. The molecule has 3 N–H and O–H groups in total. The number of hydrogen-bond acceptors (Lipinski definition) is 6. The molecule has 1 heterocycles. The number of nitrogens with one attached hydrogen (secondary N) is 1. The summed E-state index contributed by atoms with van der Waals surface area (Å²) in [6.45, 7) is 1.79. The van der Waals surface area contributed by atoms with Crippen LogP contribution in [0.2, 0.25) is 5.02 Å². The van der Waals surface area contributed by atoms with E-state index in [4.69, 9.17) is 21.9 Å². The van der Waals surface area contributed by atoms with Crippen molar-refractivity contribution in [2.45, 2.75) is 18.2 Å². The summed E-state index contributed by atoms with van der Waals surface area (Å²) in [6.07, 6.45) is 0.317. The lowest BCUT2D eigenvalue weighted by atomic mass is 10.3. The van der Waals surface area contributed by atoms with E-state index >= 15 is 0 Å². The highest BCUT2D eigenvalue weighted by Crippen LogP contribution is 2.22. The van der Waals surface area contributed by atoms with Gasteiger partial charge in [0.15, 0.2) is 5.82 Å². The number of benzene rings is 1. The first-order chi connectivity index (χ1) is 9.38. The van der Waals surface area contributed by atoms with Crippen LogP contribution < -0.4 is 10.5 Å². The van der Waals surface area contributed by atoms with E-state index in [9.17, 15) is 8.42 Å². The number of nitrogens with two attached hydrogens (primary N) is 1. The number of aromatic nitrogens is 2. The van der Waals surface area contributed by atoms with Gasteiger partial charge in [0.25, 0.3) is 0 Å². The Bertz CT molecular complexity index is 714. The Labute approximate surface area is 121 Å². The van der Waals surface area contributed by atoms with Crippen LogP contribution in [0.3, 0.4) is 0 Å². The van der Waals surface area contributed by atoms with Crippen molar-refractivity contribution in [2.75, 3.05) is 12.3 Å². The summed E-state index contributed by atoms with van der Waals surface area (Å²) < 4.78 is 31.4. The number of hydrogen-bond donors (Lipinski definition) is 2. The van der Waals surface area contributed by atoms with Gasteiger partial charge in [0.05, 0.1) is 5.69 Å². The van der Waals surface area contributed by atoms with Crippen LogP contribution in [0.15, 0.2) is 27.6 Å². The number of anilines is 1. The summed E-state index contributed by atoms with van der Waals surface area (Å²) >= 11 is 5.78. The molecule has 0 spiro atoms. The Balaban J connectivity index is 2.06. The number of sulfonamides is 1. The molecular weight excluding hydrogens is 304 g/mol. The fourth-order valence-corrected chi connectivity index (χ4v) is 2.98. The summed E-state index contributed by atoms with van der Waals surface area (Å²) in [7, 11) is -3.72. The van der Waals surface area contributed by atoms with E-state index in [1.807, 2.05) is 0 Å². The molecule has 0 unspecified atom stereocenters. The lowest BCUT2D eigenvalue weighted by Crippen LogP contribution is -2.27. The molecule has 1 aromatic carbocycles. The van der Waals surface area contributed by atoms with Crippen LogP contribution in [0.25, 0.3) is 0 Å². The monoisotopic (exact) mass is 316 g/mol. The van der Waals surface area contributed by atoms with Crippen LogP contribution >= 0.6 is 11.6 Å². The summed E-state index contributed by atoms with van der Waals surface area (Å²) in [4.78, 5) is 3.93. The summed E-state index contributed by atoms with van der Waals surface area (Å²) in [5.74, 6) is 0.867. The summed E-state index contributed by atoms with van der Waals surface area (Å²) in [6, 6.07) is 4.27. The molecule has 0 aliphatic rings. The second-order valence-electron chi connectivity index (χ2n) is 4.06. The molecule has 0 saturated carbocycles. The maximum atomic E-state index is 12.1. The van der Waals surface area contributed by atoms with Crippen LogP contribution in [0.1, 0.15) is 11.7 Å². The molecule has 1 aromatic heterocycles. The van der Waals surface area contributed by atoms with E-state index in [1.54, 1.807) is 6.92 Å².